The van der Waals surface area contributed by atoms with Gasteiger partial charge in [0.05, 0.1) is 16.4 Å². The Morgan fingerprint density at radius 3 is 2.45 bits per heavy atom. The first-order valence-corrected chi connectivity index (χ1v) is 8.48. The van der Waals surface area contributed by atoms with E-state index in [-0.39, 0.29) is 17.1 Å². The second kappa shape index (κ2) is 5.59. The third kappa shape index (κ3) is 2.53. The van der Waals surface area contributed by atoms with Gasteiger partial charge in [-0.3, -0.25) is 4.79 Å². The second-order valence-electron chi connectivity index (χ2n) is 4.83. The van der Waals surface area contributed by atoms with Crippen molar-refractivity contribution in [3.05, 3.63) is 57.8 Å². The SMILES string of the molecule is C[S+](c1ccc(O)cc1)c1c(O)c2cc(Cl)ccc2[nH]c1=O. The highest BCUT2D eigenvalue weighted by Crippen LogP contribution is 2.33. The summed E-state index contributed by atoms with van der Waals surface area (Å²) in [6.45, 7) is 0. The number of aromatic amines is 1. The van der Waals surface area contributed by atoms with Gasteiger partial charge in [-0.15, -0.1) is 0 Å². The van der Waals surface area contributed by atoms with E-state index >= 15 is 0 Å². The van der Waals surface area contributed by atoms with Crippen molar-refractivity contribution in [3.8, 4) is 11.5 Å². The van der Waals surface area contributed by atoms with Crippen LogP contribution in [0.15, 0.2) is 57.1 Å². The lowest BCUT2D eigenvalue weighted by Gasteiger charge is -2.07. The van der Waals surface area contributed by atoms with Crippen LogP contribution in [0.4, 0.5) is 0 Å². The number of aromatic nitrogens is 1. The van der Waals surface area contributed by atoms with Crippen LogP contribution in [0.1, 0.15) is 0 Å². The Labute approximate surface area is 134 Å². The zero-order valence-corrected chi connectivity index (χ0v) is 13.2. The minimum Gasteiger partial charge on any atom is -0.508 e. The van der Waals surface area contributed by atoms with Gasteiger partial charge in [-0.2, -0.15) is 0 Å². The zero-order valence-electron chi connectivity index (χ0n) is 11.6. The highest BCUT2D eigenvalue weighted by molar-refractivity contribution is 7.96. The van der Waals surface area contributed by atoms with Gasteiger partial charge in [0.2, 0.25) is 0 Å². The second-order valence-corrected chi connectivity index (χ2v) is 7.16. The quantitative estimate of drug-likeness (QED) is 0.630. The van der Waals surface area contributed by atoms with Crippen molar-refractivity contribution >= 4 is 33.4 Å². The van der Waals surface area contributed by atoms with E-state index in [9.17, 15) is 15.0 Å². The molecule has 3 rings (SSSR count). The van der Waals surface area contributed by atoms with Crippen LogP contribution in [0.2, 0.25) is 5.02 Å². The molecule has 3 N–H and O–H groups in total. The molecule has 1 atom stereocenters. The predicted octanol–water partition coefficient (Wildman–Crippen LogP) is 3.26. The molecule has 0 fully saturated rings. The summed E-state index contributed by atoms with van der Waals surface area (Å²) in [5.74, 6) is 0.101. The van der Waals surface area contributed by atoms with E-state index in [0.717, 1.165) is 4.90 Å². The first kappa shape index (κ1) is 14.8. The average molecular weight is 335 g/mol. The maximum Gasteiger partial charge on any atom is 0.308 e. The molecule has 2 aromatic carbocycles. The summed E-state index contributed by atoms with van der Waals surface area (Å²) < 4.78 is 0. The average Bonchev–Trinajstić information content (AvgIpc) is 2.49. The fourth-order valence-corrected chi connectivity index (χ4v) is 3.96. The zero-order chi connectivity index (χ0) is 15.9. The summed E-state index contributed by atoms with van der Waals surface area (Å²) in [5, 5.41) is 20.9. The Bertz CT molecular complexity index is 906. The number of phenolic OH excluding ortho intramolecular Hbond substituents is 1. The number of nitrogens with one attached hydrogen (secondary N) is 1. The van der Waals surface area contributed by atoms with Gasteiger partial charge in [0.1, 0.15) is 12.0 Å². The van der Waals surface area contributed by atoms with Crippen molar-refractivity contribution in [2.24, 2.45) is 0 Å². The van der Waals surface area contributed by atoms with E-state index in [1.807, 2.05) is 6.26 Å². The van der Waals surface area contributed by atoms with Gasteiger partial charge in [0.25, 0.3) is 4.90 Å². The monoisotopic (exact) mass is 334 g/mol. The molecule has 22 heavy (non-hydrogen) atoms. The van der Waals surface area contributed by atoms with E-state index in [4.69, 9.17) is 11.6 Å². The predicted molar refractivity (Wildman–Crippen MR) is 89.2 cm³/mol. The highest BCUT2D eigenvalue weighted by Gasteiger charge is 2.29. The lowest BCUT2D eigenvalue weighted by Crippen LogP contribution is -2.17. The van der Waals surface area contributed by atoms with E-state index in [1.165, 1.54) is 0 Å². The number of benzene rings is 2. The fraction of sp³-hybridized carbons (Fsp3) is 0.0625. The first-order valence-electron chi connectivity index (χ1n) is 6.47. The van der Waals surface area contributed by atoms with Crippen LogP contribution in [0.25, 0.3) is 10.9 Å². The summed E-state index contributed by atoms with van der Waals surface area (Å²) in [6.07, 6.45) is 1.85. The van der Waals surface area contributed by atoms with Crippen molar-refractivity contribution in [2.75, 3.05) is 6.26 Å². The molecule has 0 aliphatic rings. The molecule has 3 aromatic rings. The molecule has 0 amide bonds. The van der Waals surface area contributed by atoms with Crippen LogP contribution in [0.5, 0.6) is 11.5 Å². The Hall–Kier alpha value is -2.11. The molecule has 1 unspecified atom stereocenters. The van der Waals surface area contributed by atoms with Gasteiger partial charge in [0.15, 0.2) is 10.6 Å². The Balaban J connectivity index is 2.21. The van der Waals surface area contributed by atoms with Crippen LogP contribution in [-0.2, 0) is 10.9 Å². The number of fused-ring (bicyclic) bond motifs is 1. The first-order chi connectivity index (χ1) is 10.5. The Morgan fingerprint density at radius 2 is 1.77 bits per heavy atom. The molecule has 6 heteroatoms. The fourth-order valence-electron chi connectivity index (χ4n) is 2.28. The van der Waals surface area contributed by atoms with Gasteiger partial charge in [-0.05, 0) is 42.5 Å². The largest absolute Gasteiger partial charge is 0.508 e. The Kier molecular flexibility index (Phi) is 3.76. The number of phenols is 1. The van der Waals surface area contributed by atoms with E-state index in [1.54, 1.807) is 42.5 Å². The standard InChI is InChI=1S/C16H12ClNO3S/c1-22(11-5-3-10(19)4-6-11)15-14(20)12-8-9(17)2-7-13(12)18-16(15)21/h2-8H,1H3,(H2-,18,19,20,21)/p+1. The minimum atomic E-state index is -0.639. The lowest BCUT2D eigenvalue weighted by molar-refractivity contribution is 0.466. The van der Waals surface area contributed by atoms with Gasteiger partial charge < -0.3 is 15.2 Å². The molecule has 0 saturated carbocycles. The van der Waals surface area contributed by atoms with Crippen LogP contribution in [-0.4, -0.2) is 21.5 Å². The summed E-state index contributed by atoms with van der Waals surface area (Å²) in [5.41, 5.74) is 0.213. The molecular weight excluding hydrogens is 322 g/mol. The molecule has 0 radical (unpaired) electrons. The number of rotatable bonds is 2. The van der Waals surface area contributed by atoms with Gasteiger partial charge in [0, 0.05) is 10.4 Å². The molecule has 0 bridgehead atoms. The topological polar surface area (TPSA) is 73.3 Å². The van der Waals surface area contributed by atoms with E-state index in [2.05, 4.69) is 4.98 Å². The summed E-state index contributed by atoms with van der Waals surface area (Å²) >= 11 is 5.97. The lowest BCUT2D eigenvalue weighted by atomic mass is 10.2. The molecule has 112 valence electrons. The van der Waals surface area contributed by atoms with Crippen molar-refractivity contribution in [1.29, 1.82) is 0 Å². The van der Waals surface area contributed by atoms with Gasteiger partial charge >= 0.3 is 5.56 Å². The summed E-state index contributed by atoms with van der Waals surface area (Å²) in [4.78, 5) is 16.3. The van der Waals surface area contributed by atoms with E-state index < -0.39 is 10.9 Å². The highest BCUT2D eigenvalue weighted by atomic mass is 35.5. The molecular formula is C16H13ClNO3S+. The van der Waals surface area contributed by atoms with Crippen molar-refractivity contribution < 1.29 is 10.2 Å². The van der Waals surface area contributed by atoms with Crippen molar-refractivity contribution in [2.45, 2.75) is 9.79 Å². The number of hydrogen-bond acceptors (Lipinski definition) is 3. The number of hydrogen-bond donors (Lipinski definition) is 3. The van der Waals surface area contributed by atoms with Crippen LogP contribution in [0, 0.1) is 0 Å². The van der Waals surface area contributed by atoms with Crippen molar-refractivity contribution in [3.63, 3.8) is 0 Å². The molecule has 4 nitrogen and oxygen atoms in total. The number of pyridine rings is 1. The number of aromatic hydroxyl groups is 2. The third-order valence-corrected chi connectivity index (χ3v) is 5.61. The Morgan fingerprint density at radius 1 is 1.09 bits per heavy atom. The van der Waals surface area contributed by atoms with Crippen LogP contribution in [0.3, 0.4) is 0 Å². The maximum atomic E-state index is 12.3. The molecule has 1 heterocycles. The molecule has 0 aliphatic heterocycles. The number of H-pyrrole nitrogens is 1. The van der Waals surface area contributed by atoms with Gasteiger partial charge in [-0.1, -0.05) is 11.6 Å². The summed E-state index contributed by atoms with van der Waals surface area (Å²) in [7, 11) is -0.639. The van der Waals surface area contributed by atoms with Crippen molar-refractivity contribution in [1.82, 2.24) is 4.98 Å². The van der Waals surface area contributed by atoms with Gasteiger partial charge in [-0.25, -0.2) is 0 Å². The molecule has 0 spiro atoms. The van der Waals surface area contributed by atoms with Crippen LogP contribution >= 0.6 is 11.6 Å². The van der Waals surface area contributed by atoms with Crippen LogP contribution < -0.4 is 5.56 Å². The third-order valence-electron chi connectivity index (χ3n) is 3.40. The summed E-state index contributed by atoms with van der Waals surface area (Å²) in [6, 6.07) is 11.5. The molecule has 1 aromatic heterocycles. The molecule has 0 saturated heterocycles. The molecule has 0 aliphatic carbocycles. The number of halogens is 1. The maximum absolute atomic E-state index is 12.3. The minimum absolute atomic E-state index is 0.0554. The normalized spacial score (nSPS) is 12.5. The smallest absolute Gasteiger partial charge is 0.308 e. The van der Waals surface area contributed by atoms with E-state index in [0.29, 0.717) is 20.8 Å².